The summed E-state index contributed by atoms with van der Waals surface area (Å²) in [7, 11) is 4.82. The standard InChI is InChI=1S/C12H24N/c1-11(2)12(3)7-6-10(8-12)9-13(11,4)5/h10H,6-9H2,1-5H3/q+1. The molecule has 1 nitrogen and oxygen atoms in total. The number of hydrogen-bond donors (Lipinski definition) is 0. The van der Waals surface area contributed by atoms with E-state index in [2.05, 4.69) is 34.9 Å². The third-order valence-electron chi connectivity index (χ3n) is 5.55. The lowest BCUT2D eigenvalue weighted by molar-refractivity contribution is -0.953. The number of quaternary nitrogens is 1. The van der Waals surface area contributed by atoms with E-state index in [1.165, 1.54) is 30.3 Å². The average molecular weight is 182 g/mol. The van der Waals surface area contributed by atoms with Crippen molar-refractivity contribution in [2.75, 3.05) is 20.6 Å². The molecule has 2 fully saturated rings. The molecule has 2 aliphatic rings. The summed E-state index contributed by atoms with van der Waals surface area (Å²) >= 11 is 0. The smallest absolute Gasteiger partial charge is 0.0985 e. The van der Waals surface area contributed by atoms with Crippen LogP contribution in [0.3, 0.4) is 0 Å². The van der Waals surface area contributed by atoms with E-state index in [4.69, 9.17) is 0 Å². The molecule has 0 amide bonds. The molecular formula is C12H24N+. The molecule has 0 spiro atoms. The first-order valence-corrected chi connectivity index (χ1v) is 5.62. The van der Waals surface area contributed by atoms with Crippen LogP contribution in [0.1, 0.15) is 40.0 Å². The average Bonchev–Trinajstić information content (AvgIpc) is 2.28. The molecule has 1 aliphatic carbocycles. The topological polar surface area (TPSA) is 0 Å². The summed E-state index contributed by atoms with van der Waals surface area (Å²) in [6, 6.07) is 0. The highest BCUT2D eigenvalue weighted by Gasteiger charge is 2.59. The van der Waals surface area contributed by atoms with Gasteiger partial charge in [0.2, 0.25) is 0 Å². The summed E-state index contributed by atoms with van der Waals surface area (Å²) in [6.07, 6.45) is 4.40. The maximum Gasteiger partial charge on any atom is 0.0985 e. The van der Waals surface area contributed by atoms with Gasteiger partial charge < -0.3 is 4.48 Å². The first-order valence-electron chi connectivity index (χ1n) is 5.62. The van der Waals surface area contributed by atoms with E-state index in [0.29, 0.717) is 11.0 Å². The van der Waals surface area contributed by atoms with Crippen molar-refractivity contribution in [2.45, 2.75) is 45.6 Å². The second-order valence-electron chi connectivity index (χ2n) is 6.60. The van der Waals surface area contributed by atoms with Crippen LogP contribution in [-0.2, 0) is 0 Å². The van der Waals surface area contributed by atoms with Crippen molar-refractivity contribution >= 4 is 0 Å². The fourth-order valence-corrected chi connectivity index (χ4v) is 3.68. The molecule has 0 radical (unpaired) electrons. The largest absolute Gasteiger partial charge is 0.323 e. The van der Waals surface area contributed by atoms with E-state index in [-0.39, 0.29) is 0 Å². The highest BCUT2D eigenvalue weighted by Crippen LogP contribution is 2.56. The van der Waals surface area contributed by atoms with Gasteiger partial charge in [-0.05, 0) is 33.1 Å². The third kappa shape index (κ3) is 1.03. The predicted octanol–water partition coefficient (Wildman–Crippen LogP) is 2.66. The highest BCUT2D eigenvalue weighted by molar-refractivity contribution is 5.00. The number of fused-ring (bicyclic) bond motifs is 2. The van der Waals surface area contributed by atoms with Crippen molar-refractivity contribution in [3.63, 3.8) is 0 Å². The lowest BCUT2D eigenvalue weighted by Crippen LogP contribution is -2.66. The molecular weight excluding hydrogens is 158 g/mol. The Morgan fingerprint density at radius 3 is 2.38 bits per heavy atom. The van der Waals surface area contributed by atoms with Gasteiger partial charge in [0.15, 0.2) is 0 Å². The Morgan fingerprint density at radius 1 is 1.15 bits per heavy atom. The molecule has 13 heavy (non-hydrogen) atoms. The first-order chi connectivity index (χ1) is 5.79. The number of rotatable bonds is 0. The fraction of sp³-hybridized carbons (Fsp3) is 1.00. The van der Waals surface area contributed by atoms with Gasteiger partial charge in [-0.1, -0.05) is 6.92 Å². The van der Waals surface area contributed by atoms with Crippen molar-refractivity contribution in [3.8, 4) is 0 Å². The molecule has 1 heteroatoms. The first kappa shape index (κ1) is 9.51. The van der Waals surface area contributed by atoms with E-state index < -0.39 is 0 Å². The molecule has 76 valence electrons. The molecule has 0 aromatic rings. The second-order valence-corrected chi connectivity index (χ2v) is 6.60. The van der Waals surface area contributed by atoms with Gasteiger partial charge >= 0.3 is 0 Å². The highest BCUT2D eigenvalue weighted by atomic mass is 15.4. The Hall–Kier alpha value is -0.0400. The van der Waals surface area contributed by atoms with Gasteiger partial charge in [-0.15, -0.1) is 0 Å². The van der Waals surface area contributed by atoms with Crippen molar-refractivity contribution < 1.29 is 4.48 Å². The molecule has 2 atom stereocenters. The van der Waals surface area contributed by atoms with Gasteiger partial charge in [0, 0.05) is 11.3 Å². The Balaban J connectivity index is 2.41. The zero-order chi connectivity index (χ0) is 9.91. The zero-order valence-corrected chi connectivity index (χ0v) is 9.85. The van der Waals surface area contributed by atoms with Crippen LogP contribution in [0.15, 0.2) is 0 Å². The minimum Gasteiger partial charge on any atom is -0.323 e. The van der Waals surface area contributed by atoms with E-state index in [0.717, 1.165) is 5.92 Å². The molecule has 2 rings (SSSR count). The minimum absolute atomic E-state index is 0.458. The molecule has 1 saturated carbocycles. The molecule has 1 saturated heterocycles. The Labute approximate surface area is 82.7 Å². The van der Waals surface area contributed by atoms with Crippen LogP contribution in [0.5, 0.6) is 0 Å². The van der Waals surface area contributed by atoms with Crippen LogP contribution in [-0.4, -0.2) is 30.7 Å². The van der Waals surface area contributed by atoms with Crippen molar-refractivity contribution in [1.29, 1.82) is 0 Å². The van der Waals surface area contributed by atoms with Crippen molar-refractivity contribution in [2.24, 2.45) is 11.3 Å². The van der Waals surface area contributed by atoms with Gasteiger partial charge in [-0.3, -0.25) is 0 Å². The van der Waals surface area contributed by atoms with Gasteiger partial charge in [0.05, 0.1) is 26.2 Å². The van der Waals surface area contributed by atoms with E-state index in [1.54, 1.807) is 0 Å². The summed E-state index contributed by atoms with van der Waals surface area (Å²) in [4.78, 5) is 0. The van der Waals surface area contributed by atoms with Gasteiger partial charge in [0.25, 0.3) is 0 Å². The van der Waals surface area contributed by atoms with Gasteiger partial charge in [0.1, 0.15) is 0 Å². The third-order valence-corrected chi connectivity index (χ3v) is 5.55. The Bertz CT molecular complexity index is 229. The molecule has 2 bridgehead atoms. The minimum atomic E-state index is 0.458. The number of piperidine rings is 1. The summed E-state index contributed by atoms with van der Waals surface area (Å²) in [5.41, 5.74) is 1.05. The van der Waals surface area contributed by atoms with E-state index >= 15 is 0 Å². The second kappa shape index (κ2) is 2.31. The van der Waals surface area contributed by atoms with Crippen LogP contribution < -0.4 is 0 Å². The summed E-state index contributed by atoms with van der Waals surface area (Å²) in [5, 5.41) is 0. The van der Waals surface area contributed by atoms with Crippen LogP contribution >= 0.6 is 0 Å². The summed E-state index contributed by atoms with van der Waals surface area (Å²) < 4.78 is 1.22. The monoisotopic (exact) mass is 182 g/mol. The lowest BCUT2D eigenvalue weighted by Gasteiger charge is -2.56. The van der Waals surface area contributed by atoms with Gasteiger partial charge in [-0.25, -0.2) is 0 Å². The Morgan fingerprint density at radius 2 is 1.77 bits per heavy atom. The number of nitrogens with zero attached hydrogens (tertiary/aromatic N) is 1. The Kier molecular flexibility index (Phi) is 1.69. The molecule has 0 aromatic carbocycles. The number of hydrogen-bond acceptors (Lipinski definition) is 0. The normalized spacial score (nSPS) is 46.4. The molecule has 0 N–H and O–H groups in total. The quantitative estimate of drug-likeness (QED) is 0.505. The van der Waals surface area contributed by atoms with Crippen LogP contribution in [0.2, 0.25) is 0 Å². The van der Waals surface area contributed by atoms with Crippen LogP contribution in [0.4, 0.5) is 0 Å². The lowest BCUT2D eigenvalue weighted by atomic mass is 9.67. The molecule has 0 aromatic heterocycles. The molecule has 1 heterocycles. The molecule has 1 aliphatic heterocycles. The zero-order valence-electron chi connectivity index (χ0n) is 9.85. The van der Waals surface area contributed by atoms with Crippen LogP contribution in [0, 0.1) is 11.3 Å². The molecule has 2 unspecified atom stereocenters. The SMILES string of the molecule is CC12CCC(C1)C[N+](C)(C)C2(C)C. The predicted molar refractivity (Wildman–Crippen MR) is 56.5 cm³/mol. The fourth-order valence-electron chi connectivity index (χ4n) is 3.68. The summed E-state index contributed by atoms with van der Waals surface area (Å²) in [5.74, 6) is 1.01. The summed E-state index contributed by atoms with van der Waals surface area (Å²) in [6.45, 7) is 8.83. The maximum absolute atomic E-state index is 2.51. The van der Waals surface area contributed by atoms with E-state index in [9.17, 15) is 0 Å². The van der Waals surface area contributed by atoms with Gasteiger partial charge in [-0.2, -0.15) is 0 Å². The number of likely N-dealkylation sites (tertiary alicyclic amines) is 1. The van der Waals surface area contributed by atoms with Crippen molar-refractivity contribution in [1.82, 2.24) is 0 Å². The van der Waals surface area contributed by atoms with Crippen LogP contribution in [0.25, 0.3) is 0 Å². The van der Waals surface area contributed by atoms with Crippen molar-refractivity contribution in [3.05, 3.63) is 0 Å². The maximum atomic E-state index is 2.51. The van der Waals surface area contributed by atoms with E-state index in [1.807, 2.05) is 0 Å².